The molecule has 1 unspecified atom stereocenters. The maximum absolute atomic E-state index is 13.3. The molecule has 2 saturated heterocycles. The smallest absolute Gasteiger partial charge is 0.371 e. The third-order valence-electron chi connectivity index (χ3n) is 6.67. The Labute approximate surface area is 188 Å². The minimum atomic E-state index is -4.62. The van der Waals surface area contributed by atoms with E-state index in [2.05, 4.69) is 5.10 Å². The van der Waals surface area contributed by atoms with E-state index < -0.39 is 29.3 Å². The van der Waals surface area contributed by atoms with Crippen molar-refractivity contribution in [2.75, 3.05) is 24.5 Å². The summed E-state index contributed by atoms with van der Waals surface area (Å²) >= 11 is 0. The summed E-state index contributed by atoms with van der Waals surface area (Å²) in [6.07, 6.45) is 0.00684. The number of carbonyl (C=O) groups excluding carboxylic acids is 2. The summed E-state index contributed by atoms with van der Waals surface area (Å²) < 4.78 is 41.5. The minimum absolute atomic E-state index is 0.312. The van der Waals surface area contributed by atoms with Crippen LogP contribution in [0.5, 0.6) is 0 Å². The molecule has 33 heavy (non-hydrogen) atoms. The van der Waals surface area contributed by atoms with E-state index in [-0.39, 0.29) is 11.3 Å². The number of rotatable bonds is 3. The number of hydrogen-bond acceptors (Lipinski definition) is 5. The lowest BCUT2D eigenvalue weighted by molar-refractivity contribution is -0.137. The molecule has 2 aliphatic rings. The van der Waals surface area contributed by atoms with Gasteiger partial charge >= 0.3 is 6.18 Å². The van der Waals surface area contributed by atoms with Crippen molar-refractivity contribution in [1.29, 1.82) is 5.26 Å². The maximum Gasteiger partial charge on any atom is 0.417 e. The van der Waals surface area contributed by atoms with E-state index in [1.165, 1.54) is 27.9 Å². The number of aryl methyl sites for hydroxylation is 1. The van der Waals surface area contributed by atoms with Gasteiger partial charge in [-0.1, -0.05) is 0 Å². The third kappa shape index (κ3) is 4.25. The molecular weight excluding hydrogens is 437 g/mol. The van der Waals surface area contributed by atoms with E-state index in [9.17, 15) is 22.8 Å². The number of carbonyl (C=O) groups is 2. The fourth-order valence-corrected chi connectivity index (χ4v) is 4.88. The number of piperidine rings is 1. The van der Waals surface area contributed by atoms with Crippen LogP contribution in [-0.4, -0.2) is 52.2 Å². The van der Waals surface area contributed by atoms with Crippen molar-refractivity contribution in [3.8, 4) is 6.07 Å². The molecule has 4 rings (SSSR count). The topological polar surface area (TPSA) is 108 Å². The van der Waals surface area contributed by atoms with Crippen LogP contribution in [0.25, 0.3) is 0 Å². The largest absolute Gasteiger partial charge is 0.417 e. The molecule has 11 heteroatoms. The molecule has 0 radical (unpaired) electrons. The van der Waals surface area contributed by atoms with Crippen LogP contribution < -0.4 is 10.6 Å². The van der Waals surface area contributed by atoms with E-state index in [0.717, 1.165) is 6.07 Å². The van der Waals surface area contributed by atoms with Crippen molar-refractivity contribution < 1.29 is 22.8 Å². The Balaban J connectivity index is 1.51. The molecule has 2 aromatic rings. The number of primary amides is 1. The first-order valence-electron chi connectivity index (χ1n) is 10.5. The van der Waals surface area contributed by atoms with Gasteiger partial charge in [0.1, 0.15) is 6.04 Å². The Morgan fingerprint density at radius 3 is 2.52 bits per heavy atom. The van der Waals surface area contributed by atoms with Crippen LogP contribution >= 0.6 is 0 Å². The summed E-state index contributed by atoms with van der Waals surface area (Å²) in [5.41, 5.74) is 4.66. The molecule has 0 bridgehead atoms. The van der Waals surface area contributed by atoms with Gasteiger partial charge in [-0.15, -0.1) is 0 Å². The molecule has 1 spiro atoms. The van der Waals surface area contributed by atoms with Crippen molar-refractivity contribution in [2.45, 2.75) is 31.5 Å². The van der Waals surface area contributed by atoms with E-state index in [1.807, 2.05) is 4.90 Å². The number of likely N-dealkylation sites (tertiary alicyclic amines) is 1. The Hall–Kier alpha value is -3.55. The average Bonchev–Trinajstić information content (AvgIpc) is 3.37. The van der Waals surface area contributed by atoms with Gasteiger partial charge in [0, 0.05) is 38.6 Å². The lowest BCUT2D eigenvalue weighted by Crippen LogP contribution is -2.44. The molecule has 2 aliphatic heterocycles. The van der Waals surface area contributed by atoms with Gasteiger partial charge in [0.25, 0.3) is 5.91 Å². The molecule has 8 nitrogen and oxygen atoms in total. The first kappa shape index (κ1) is 22.6. The Morgan fingerprint density at radius 2 is 1.97 bits per heavy atom. The summed E-state index contributed by atoms with van der Waals surface area (Å²) in [6, 6.07) is 4.57. The second-order valence-electron chi connectivity index (χ2n) is 8.78. The van der Waals surface area contributed by atoms with Crippen LogP contribution in [0.2, 0.25) is 0 Å². The molecule has 174 valence electrons. The normalized spacial score (nSPS) is 20.2. The number of nitriles is 1. The zero-order valence-corrected chi connectivity index (χ0v) is 18.0. The van der Waals surface area contributed by atoms with Gasteiger partial charge in [-0.2, -0.15) is 23.5 Å². The summed E-state index contributed by atoms with van der Waals surface area (Å²) in [4.78, 5) is 28.5. The first-order chi connectivity index (χ1) is 15.5. The molecule has 1 aromatic carbocycles. The first-order valence-corrected chi connectivity index (χ1v) is 10.5. The number of hydrogen-bond donors (Lipinski definition) is 1. The number of nitrogens with zero attached hydrogens (tertiary/aromatic N) is 5. The van der Waals surface area contributed by atoms with Crippen molar-refractivity contribution in [3.05, 3.63) is 47.3 Å². The zero-order valence-electron chi connectivity index (χ0n) is 18.0. The summed E-state index contributed by atoms with van der Waals surface area (Å²) in [6.45, 7) is 1.27. The average molecular weight is 460 g/mol. The van der Waals surface area contributed by atoms with Gasteiger partial charge in [0.2, 0.25) is 5.91 Å². The number of benzene rings is 1. The molecule has 2 amide bonds. The second kappa shape index (κ2) is 8.10. The minimum Gasteiger partial charge on any atom is -0.371 e. The van der Waals surface area contributed by atoms with Crippen molar-refractivity contribution in [2.24, 2.45) is 18.2 Å². The maximum atomic E-state index is 13.3. The summed E-state index contributed by atoms with van der Waals surface area (Å²) in [5, 5.41) is 13.0. The quantitative estimate of drug-likeness (QED) is 0.756. The molecule has 1 atom stereocenters. The predicted molar refractivity (Wildman–Crippen MR) is 112 cm³/mol. The number of nitrogens with two attached hydrogens (primary N) is 1. The van der Waals surface area contributed by atoms with Crippen molar-refractivity contribution >= 4 is 17.5 Å². The lowest BCUT2D eigenvalue weighted by atomic mass is 9.76. The van der Waals surface area contributed by atoms with Gasteiger partial charge < -0.3 is 15.5 Å². The fourth-order valence-electron chi connectivity index (χ4n) is 4.88. The van der Waals surface area contributed by atoms with Crippen LogP contribution in [0.3, 0.4) is 0 Å². The van der Waals surface area contributed by atoms with Crippen LogP contribution in [0, 0.1) is 16.7 Å². The second-order valence-corrected chi connectivity index (χ2v) is 8.78. The summed E-state index contributed by atoms with van der Waals surface area (Å²) in [5.74, 6) is -0.887. The fraction of sp³-hybridized carbons (Fsp3) is 0.455. The van der Waals surface area contributed by atoms with E-state index in [4.69, 9.17) is 11.0 Å². The van der Waals surface area contributed by atoms with Gasteiger partial charge in [-0.25, -0.2) is 0 Å². The van der Waals surface area contributed by atoms with Crippen LogP contribution in [0.15, 0.2) is 30.6 Å². The molecule has 3 heterocycles. The van der Waals surface area contributed by atoms with Gasteiger partial charge in [-0.05, 0) is 42.9 Å². The Bertz CT molecular complexity index is 1130. The number of halogens is 3. The van der Waals surface area contributed by atoms with Crippen LogP contribution in [-0.2, 0) is 18.0 Å². The van der Waals surface area contributed by atoms with Gasteiger partial charge in [0.05, 0.1) is 29.0 Å². The monoisotopic (exact) mass is 460 g/mol. The van der Waals surface area contributed by atoms with Gasteiger partial charge in [-0.3, -0.25) is 14.3 Å². The highest BCUT2D eigenvalue weighted by Gasteiger charge is 2.49. The van der Waals surface area contributed by atoms with Gasteiger partial charge in [0.15, 0.2) is 0 Å². The van der Waals surface area contributed by atoms with E-state index in [0.29, 0.717) is 50.1 Å². The molecule has 1 aromatic heterocycles. The standard InChI is InChI=1S/C22H23F3N6O2/c1-29-12-15(11-28-29)20(33)31-13-21(9-18(31)19(27)32)4-6-30(7-5-21)16-3-2-14(10-26)17(8-16)22(23,24)25/h2-3,8,11-12,18H,4-7,9,13H2,1H3,(H2,27,32). The van der Waals surface area contributed by atoms with E-state index in [1.54, 1.807) is 19.3 Å². The van der Waals surface area contributed by atoms with Crippen molar-refractivity contribution in [1.82, 2.24) is 14.7 Å². The van der Waals surface area contributed by atoms with E-state index >= 15 is 0 Å². The highest BCUT2D eigenvalue weighted by atomic mass is 19.4. The zero-order chi connectivity index (χ0) is 24.0. The molecule has 2 N–H and O–H groups in total. The SMILES string of the molecule is Cn1cc(C(=O)N2CC3(CCN(c4ccc(C#N)c(C(F)(F)F)c4)CC3)CC2C(N)=O)cn1. The lowest BCUT2D eigenvalue weighted by Gasteiger charge is -2.40. The molecule has 2 fully saturated rings. The summed E-state index contributed by atoms with van der Waals surface area (Å²) in [7, 11) is 1.69. The number of anilines is 1. The number of alkyl halides is 3. The molecule has 0 aliphatic carbocycles. The Kier molecular flexibility index (Phi) is 5.56. The number of amides is 2. The highest BCUT2D eigenvalue weighted by Crippen LogP contribution is 2.45. The third-order valence-corrected chi connectivity index (χ3v) is 6.67. The van der Waals surface area contributed by atoms with Crippen molar-refractivity contribution in [3.63, 3.8) is 0 Å². The highest BCUT2D eigenvalue weighted by molar-refractivity contribution is 5.97. The molecular formula is C22H23F3N6O2. The molecule has 0 saturated carbocycles. The van der Waals surface area contributed by atoms with Crippen LogP contribution in [0.4, 0.5) is 18.9 Å². The van der Waals surface area contributed by atoms with Crippen LogP contribution in [0.1, 0.15) is 40.7 Å². The Morgan fingerprint density at radius 1 is 1.27 bits per heavy atom. The number of aromatic nitrogens is 2. The predicted octanol–water partition coefficient (Wildman–Crippen LogP) is 2.30.